The van der Waals surface area contributed by atoms with E-state index in [1.54, 1.807) is 4.90 Å². The lowest BCUT2D eigenvalue weighted by molar-refractivity contribution is 0.0224. The van der Waals surface area contributed by atoms with Crippen molar-refractivity contribution in [1.82, 2.24) is 4.90 Å². The third-order valence-electron chi connectivity index (χ3n) is 4.49. The molecule has 1 saturated heterocycles. The number of carbonyl (C=O) groups excluding carboxylic acids is 1. The predicted octanol–water partition coefficient (Wildman–Crippen LogP) is 3.01. The SMILES string of the molecule is C=C1OB(c2ccc3c(c2)CN(C(=O)OC(C)(C)C)CC3)OC1(C)C. The molecule has 0 aromatic heterocycles. The highest BCUT2D eigenvalue weighted by Gasteiger charge is 2.43. The second-order valence-electron chi connectivity index (χ2n) is 8.18. The van der Waals surface area contributed by atoms with Gasteiger partial charge in [-0.15, -0.1) is 0 Å². The van der Waals surface area contributed by atoms with E-state index < -0.39 is 18.3 Å². The van der Waals surface area contributed by atoms with Crippen LogP contribution in [0, 0.1) is 0 Å². The molecule has 6 heteroatoms. The maximum Gasteiger partial charge on any atom is 0.563 e. The number of carbonyl (C=O) groups is 1. The first-order valence-electron chi connectivity index (χ1n) is 8.69. The zero-order chi connectivity index (χ0) is 18.4. The minimum absolute atomic E-state index is 0.272. The Morgan fingerprint density at radius 2 is 2.04 bits per heavy atom. The molecule has 2 aliphatic heterocycles. The van der Waals surface area contributed by atoms with Crippen LogP contribution in [0.25, 0.3) is 0 Å². The van der Waals surface area contributed by atoms with E-state index >= 15 is 0 Å². The second-order valence-corrected chi connectivity index (χ2v) is 8.18. The predicted molar refractivity (Wildman–Crippen MR) is 97.6 cm³/mol. The Labute approximate surface area is 150 Å². The number of nitrogens with zero attached hydrogens (tertiary/aromatic N) is 1. The highest BCUT2D eigenvalue weighted by Crippen LogP contribution is 2.29. The molecule has 0 atom stereocenters. The molecule has 134 valence electrons. The molecule has 3 rings (SSSR count). The topological polar surface area (TPSA) is 48.0 Å². The van der Waals surface area contributed by atoms with Crippen molar-refractivity contribution >= 4 is 18.7 Å². The van der Waals surface area contributed by atoms with Gasteiger partial charge in [-0.3, -0.25) is 0 Å². The van der Waals surface area contributed by atoms with Crippen molar-refractivity contribution in [1.29, 1.82) is 0 Å². The van der Waals surface area contributed by atoms with Gasteiger partial charge in [0, 0.05) is 13.1 Å². The monoisotopic (exact) mass is 343 g/mol. The average molecular weight is 343 g/mol. The van der Waals surface area contributed by atoms with Crippen LogP contribution in [0.1, 0.15) is 45.7 Å². The standard InChI is InChI=1S/C19H26BNO4/c1-13-19(5,6)25-20(24-13)16-8-7-14-9-10-21(12-15(14)11-16)17(22)23-18(2,3)4/h7-8,11H,1,9-10,12H2,2-6H3. The van der Waals surface area contributed by atoms with Crippen LogP contribution in [0.3, 0.4) is 0 Å². The summed E-state index contributed by atoms with van der Waals surface area (Å²) in [6, 6.07) is 6.18. The van der Waals surface area contributed by atoms with Crippen molar-refractivity contribution in [2.75, 3.05) is 6.54 Å². The van der Waals surface area contributed by atoms with E-state index in [0.29, 0.717) is 18.8 Å². The molecule has 0 saturated carbocycles. The van der Waals surface area contributed by atoms with Crippen molar-refractivity contribution in [2.45, 2.75) is 58.8 Å². The Balaban J connectivity index is 1.76. The molecular formula is C19H26BNO4. The lowest BCUT2D eigenvalue weighted by Gasteiger charge is -2.31. The molecule has 0 aliphatic carbocycles. The molecule has 25 heavy (non-hydrogen) atoms. The third kappa shape index (κ3) is 3.84. The van der Waals surface area contributed by atoms with Crippen LogP contribution >= 0.6 is 0 Å². The lowest BCUT2D eigenvalue weighted by Crippen LogP contribution is -2.41. The van der Waals surface area contributed by atoms with Crippen LogP contribution < -0.4 is 5.46 Å². The summed E-state index contributed by atoms with van der Waals surface area (Å²) in [7, 11) is -0.454. The number of benzene rings is 1. The molecule has 1 amide bonds. The maximum atomic E-state index is 12.3. The maximum absolute atomic E-state index is 12.3. The van der Waals surface area contributed by atoms with E-state index in [2.05, 4.69) is 18.7 Å². The van der Waals surface area contributed by atoms with E-state index in [0.717, 1.165) is 17.4 Å². The van der Waals surface area contributed by atoms with E-state index in [4.69, 9.17) is 14.0 Å². The molecule has 1 aromatic carbocycles. The van der Waals surface area contributed by atoms with Gasteiger partial charge in [-0.1, -0.05) is 24.8 Å². The van der Waals surface area contributed by atoms with E-state index in [1.165, 1.54) is 5.56 Å². The Morgan fingerprint density at radius 3 is 2.64 bits per heavy atom. The van der Waals surface area contributed by atoms with Crippen LogP contribution in [-0.4, -0.2) is 35.9 Å². The van der Waals surface area contributed by atoms with Crippen LogP contribution in [-0.2, 0) is 27.0 Å². The van der Waals surface area contributed by atoms with Gasteiger partial charge < -0.3 is 18.9 Å². The Bertz CT molecular complexity index is 708. The third-order valence-corrected chi connectivity index (χ3v) is 4.49. The summed E-state index contributed by atoms with van der Waals surface area (Å²) in [6.45, 7) is 14.7. The fourth-order valence-electron chi connectivity index (χ4n) is 2.97. The number of hydrogen-bond acceptors (Lipinski definition) is 4. The largest absolute Gasteiger partial charge is 0.563 e. The number of amides is 1. The first-order chi connectivity index (χ1) is 11.5. The minimum Gasteiger partial charge on any atom is -0.534 e. The fourth-order valence-corrected chi connectivity index (χ4v) is 2.97. The van der Waals surface area contributed by atoms with Crippen molar-refractivity contribution in [2.24, 2.45) is 0 Å². The zero-order valence-corrected chi connectivity index (χ0v) is 15.7. The molecule has 0 bridgehead atoms. The average Bonchev–Trinajstić information content (AvgIpc) is 2.78. The summed E-state index contributed by atoms with van der Waals surface area (Å²) >= 11 is 0. The van der Waals surface area contributed by atoms with Crippen molar-refractivity contribution in [3.05, 3.63) is 41.7 Å². The van der Waals surface area contributed by atoms with Crippen LogP contribution in [0.5, 0.6) is 0 Å². The van der Waals surface area contributed by atoms with Crippen molar-refractivity contribution < 1.29 is 18.8 Å². The first-order valence-corrected chi connectivity index (χ1v) is 8.69. The molecule has 0 N–H and O–H groups in total. The quantitative estimate of drug-likeness (QED) is 0.736. The lowest BCUT2D eigenvalue weighted by atomic mass is 9.77. The molecule has 1 aromatic rings. The van der Waals surface area contributed by atoms with Gasteiger partial charge in [0.05, 0.1) is 5.76 Å². The van der Waals surface area contributed by atoms with Crippen LogP contribution in [0.4, 0.5) is 4.79 Å². The molecule has 2 heterocycles. The summed E-state index contributed by atoms with van der Waals surface area (Å²) in [4.78, 5) is 14.1. The summed E-state index contributed by atoms with van der Waals surface area (Å²) in [5.74, 6) is 0.630. The van der Waals surface area contributed by atoms with Gasteiger partial charge in [-0.2, -0.15) is 0 Å². The highest BCUT2D eigenvalue weighted by atomic mass is 16.7. The molecular weight excluding hydrogens is 317 g/mol. The summed E-state index contributed by atoms with van der Waals surface area (Å²) in [6.07, 6.45) is 0.547. The molecule has 0 radical (unpaired) electrons. The fraction of sp³-hybridized carbons (Fsp3) is 0.526. The number of fused-ring (bicyclic) bond motifs is 1. The van der Waals surface area contributed by atoms with Gasteiger partial charge in [0.25, 0.3) is 0 Å². The molecule has 5 nitrogen and oxygen atoms in total. The van der Waals surface area contributed by atoms with Crippen molar-refractivity contribution in [3.8, 4) is 0 Å². The Morgan fingerprint density at radius 1 is 1.32 bits per heavy atom. The van der Waals surface area contributed by atoms with Crippen LogP contribution in [0.15, 0.2) is 30.5 Å². The second kappa shape index (κ2) is 6.09. The zero-order valence-electron chi connectivity index (χ0n) is 15.7. The van der Waals surface area contributed by atoms with Gasteiger partial charge in [-0.05, 0) is 57.6 Å². The van der Waals surface area contributed by atoms with Crippen LogP contribution in [0.2, 0.25) is 0 Å². The normalized spacial score (nSPS) is 19.5. The number of hydrogen-bond donors (Lipinski definition) is 0. The van der Waals surface area contributed by atoms with Gasteiger partial charge in [0.15, 0.2) is 0 Å². The molecule has 1 fully saturated rings. The molecule has 0 unspecified atom stereocenters. The number of ether oxygens (including phenoxy) is 1. The van der Waals surface area contributed by atoms with Crippen molar-refractivity contribution in [3.63, 3.8) is 0 Å². The van der Waals surface area contributed by atoms with E-state index in [1.807, 2.05) is 40.7 Å². The molecule has 0 spiro atoms. The Hall–Kier alpha value is -1.95. The smallest absolute Gasteiger partial charge is 0.534 e. The van der Waals surface area contributed by atoms with Gasteiger partial charge >= 0.3 is 13.2 Å². The van der Waals surface area contributed by atoms with Gasteiger partial charge in [0.1, 0.15) is 11.2 Å². The van der Waals surface area contributed by atoms with Gasteiger partial charge in [-0.25, -0.2) is 4.79 Å². The summed E-state index contributed by atoms with van der Waals surface area (Å²) in [5.41, 5.74) is 2.31. The minimum atomic E-state index is -0.497. The number of rotatable bonds is 1. The van der Waals surface area contributed by atoms with Gasteiger partial charge in [0.2, 0.25) is 0 Å². The van der Waals surface area contributed by atoms with E-state index in [9.17, 15) is 4.79 Å². The summed E-state index contributed by atoms with van der Waals surface area (Å²) in [5, 5.41) is 0. The Kier molecular flexibility index (Phi) is 4.35. The highest BCUT2D eigenvalue weighted by molar-refractivity contribution is 6.62. The molecule has 2 aliphatic rings. The van der Waals surface area contributed by atoms with E-state index in [-0.39, 0.29) is 6.09 Å². The summed E-state index contributed by atoms with van der Waals surface area (Å²) < 4.78 is 17.2. The first kappa shape index (κ1) is 17.9.